The van der Waals surface area contributed by atoms with Crippen molar-refractivity contribution in [2.24, 2.45) is 0 Å². The Labute approximate surface area is 109 Å². The van der Waals surface area contributed by atoms with E-state index in [1.165, 1.54) is 0 Å². The molecular formula is C14H23FN2O. The van der Waals surface area contributed by atoms with Crippen LogP contribution in [0.4, 0.5) is 4.39 Å². The lowest BCUT2D eigenvalue weighted by molar-refractivity contribution is 0.198. The van der Waals surface area contributed by atoms with E-state index in [2.05, 4.69) is 17.6 Å². The van der Waals surface area contributed by atoms with Gasteiger partial charge in [-0.15, -0.1) is 0 Å². The quantitative estimate of drug-likeness (QED) is 0.695. The molecule has 4 heteroatoms. The Hall–Kier alpha value is -0.970. The molecule has 1 aromatic rings. The minimum atomic E-state index is -0.107. The maximum atomic E-state index is 13.7. The predicted molar refractivity (Wildman–Crippen MR) is 72.2 cm³/mol. The lowest BCUT2D eigenvalue weighted by Crippen LogP contribution is -2.37. The van der Waals surface area contributed by atoms with E-state index >= 15 is 0 Å². The molecule has 0 fully saturated rings. The molecule has 1 atom stereocenters. The predicted octanol–water partition coefficient (Wildman–Crippen LogP) is 1.85. The Kier molecular flexibility index (Phi) is 6.86. The van der Waals surface area contributed by atoms with Gasteiger partial charge in [0, 0.05) is 38.3 Å². The first-order valence-electron chi connectivity index (χ1n) is 6.32. The van der Waals surface area contributed by atoms with Crippen molar-refractivity contribution in [1.82, 2.24) is 10.6 Å². The number of methoxy groups -OCH3 is 1. The first kappa shape index (κ1) is 15.1. The molecule has 0 radical (unpaired) electrons. The number of hydrogen-bond donors (Lipinski definition) is 2. The normalized spacial score (nSPS) is 12.7. The third kappa shape index (κ3) is 5.12. The average Bonchev–Trinajstić information content (AvgIpc) is 2.36. The van der Waals surface area contributed by atoms with Gasteiger partial charge < -0.3 is 15.4 Å². The number of aryl methyl sites for hydroxylation is 1. The molecular weight excluding hydrogens is 231 g/mol. The molecule has 0 aliphatic carbocycles. The van der Waals surface area contributed by atoms with Crippen LogP contribution in [0.1, 0.15) is 18.1 Å². The van der Waals surface area contributed by atoms with Crippen molar-refractivity contribution in [2.75, 3.05) is 26.8 Å². The van der Waals surface area contributed by atoms with Crippen LogP contribution in [0.2, 0.25) is 0 Å². The zero-order valence-electron chi connectivity index (χ0n) is 11.4. The highest BCUT2D eigenvalue weighted by Crippen LogP contribution is 2.11. The number of rotatable bonds is 8. The van der Waals surface area contributed by atoms with Crippen LogP contribution in [0.15, 0.2) is 18.2 Å². The third-order valence-electron chi connectivity index (χ3n) is 2.85. The van der Waals surface area contributed by atoms with E-state index in [4.69, 9.17) is 4.74 Å². The Morgan fingerprint density at radius 1 is 1.39 bits per heavy atom. The minimum absolute atomic E-state index is 0.107. The van der Waals surface area contributed by atoms with Gasteiger partial charge in [0.15, 0.2) is 0 Å². The second-order valence-electron chi connectivity index (χ2n) is 4.53. The largest absolute Gasteiger partial charge is 0.383 e. The molecule has 1 rings (SSSR count). The van der Waals surface area contributed by atoms with Crippen LogP contribution in [-0.2, 0) is 11.3 Å². The van der Waals surface area contributed by atoms with E-state index in [1.807, 2.05) is 12.1 Å². The molecule has 0 aliphatic rings. The number of hydrogen-bond acceptors (Lipinski definition) is 3. The second-order valence-corrected chi connectivity index (χ2v) is 4.53. The topological polar surface area (TPSA) is 33.3 Å². The molecule has 0 heterocycles. The molecule has 0 bridgehead atoms. The smallest absolute Gasteiger partial charge is 0.130 e. The van der Waals surface area contributed by atoms with Crippen molar-refractivity contribution < 1.29 is 9.13 Å². The molecule has 0 aromatic heterocycles. The average molecular weight is 254 g/mol. The summed E-state index contributed by atoms with van der Waals surface area (Å²) >= 11 is 0. The lowest BCUT2D eigenvalue weighted by Gasteiger charge is -2.15. The highest BCUT2D eigenvalue weighted by Gasteiger charge is 2.06. The standard InChI is InChI=1S/C14H23FN2O/c1-11-5-4-6-13(14(11)15)10-17-12(2)9-16-7-8-18-3/h4-6,12,16-17H,7-10H2,1-3H3. The maximum absolute atomic E-state index is 13.7. The fourth-order valence-corrected chi connectivity index (χ4v) is 1.69. The summed E-state index contributed by atoms with van der Waals surface area (Å²) in [6.07, 6.45) is 0. The van der Waals surface area contributed by atoms with Crippen LogP contribution < -0.4 is 10.6 Å². The summed E-state index contributed by atoms with van der Waals surface area (Å²) in [5.41, 5.74) is 1.42. The highest BCUT2D eigenvalue weighted by molar-refractivity contribution is 5.24. The first-order valence-corrected chi connectivity index (χ1v) is 6.32. The van der Waals surface area contributed by atoms with Crippen molar-refractivity contribution in [3.63, 3.8) is 0 Å². The molecule has 1 aromatic carbocycles. The fraction of sp³-hybridized carbons (Fsp3) is 0.571. The van der Waals surface area contributed by atoms with Gasteiger partial charge in [-0.05, 0) is 19.4 Å². The van der Waals surface area contributed by atoms with Gasteiger partial charge in [-0.1, -0.05) is 18.2 Å². The van der Waals surface area contributed by atoms with Crippen LogP contribution in [0, 0.1) is 12.7 Å². The van der Waals surface area contributed by atoms with E-state index in [0.29, 0.717) is 24.8 Å². The molecule has 102 valence electrons. The van der Waals surface area contributed by atoms with Gasteiger partial charge >= 0.3 is 0 Å². The summed E-state index contributed by atoms with van der Waals surface area (Å²) in [6, 6.07) is 5.79. The van der Waals surface area contributed by atoms with Crippen LogP contribution >= 0.6 is 0 Å². The Balaban J connectivity index is 2.29. The van der Waals surface area contributed by atoms with E-state index in [0.717, 1.165) is 18.7 Å². The van der Waals surface area contributed by atoms with Gasteiger partial charge in [-0.25, -0.2) is 4.39 Å². The summed E-state index contributed by atoms with van der Waals surface area (Å²) in [4.78, 5) is 0. The van der Waals surface area contributed by atoms with Gasteiger partial charge in [-0.2, -0.15) is 0 Å². The highest BCUT2D eigenvalue weighted by atomic mass is 19.1. The zero-order chi connectivity index (χ0) is 13.4. The van der Waals surface area contributed by atoms with Gasteiger partial charge in [-0.3, -0.25) is 0 Å². The second kappa shape index (κ2) is 8.19. The zero-order valence-corrected chi connectivity index (χ0v) is 11.4. The van der Waals surface area contributed by atoms with Crippen molar-refractivity contribution in [3.05, 3.63) is 35.1 Å². The number of ether oxygens (including phenoxy) is 1. The van der Waals surface area contributed by atoms with Crippen molar-refractivity contribution in [1.29, 1.82) is 0 Å². The molecule has 1 unspecified atom stereocenters. The van der Waals surface area contributed by atoms with Gasteiger partial charge in [0.25, 0.3) is 0 Å². The fourth-order valence-electron chi connectivity index (χ4n) is 1.69. The van der Waals surface area contributed by atoms with Gasteiger partial charge in [0.2, 0.25) is 0 Å². The summed E-state index contributed by atoms with van der Waals surface area (Å²) in [5.74, 6) is -0.107. The maximum Gasteiger partial charge on any atom is 0.130 e. The van der Waals surface area contributed by atoms with Gasteiger partial charge in [0.05, 0.1) is 6.61 Å². The summed E-state index contributed by atoms with van der Waals surface area (Å²) in [7, 11) is 1.68. The third-order valence-corrected chi connectivity index (χ3v) is 2.85. The molecule has 0 spiro atoms. The Bertz CT molecular complexity index is 358. The molecule has 0 amide bonds. The van der Waals surface area contributed by atoms with E-state index < -0.39 is 0 Å². The van der Waals surface area contributed by atoms with Crippen LogP contribution in [0.5, 0.6) is 0 Å². The number of halogens is 1. The van der Waals surface area contributed by atoms with Crippen LogP contribution in [-0.4, -0.2) is 32.8 Å². The summed E-state index contributed by atoms with van der Waals surface area (Å²) in [5, 5.41) is 6.57. The van der Waals surface area contributed by atoms with Crippen LogP contribution in [0.25, 0.3) is 0 Å². The molecule has 18 heavy (non-hydrogen) atoms. The van der Waals surface area contributed by atoms with Crippen molar-refractivity contribution in [3.8, 4) is 0 Å². The van der Waals surface area contributed by atoms with E-state index in [-0.39, 0.29) is 5.82 Å². The van der Waals surface area contributed by atoms with Gasteiger partial charge in [0.1, 0.15) is 5.82 Å². The first-order chi connectivity index (χ1) is 8.65. The molecule has 3 nitrogen and oxygen atoms in total. The Morgan fingerprint density at radius 3 is 2.89 bits per heavy atom. The molecule has 2 N–H and O–H groups in total. The minimum Gasteiger partial charge on any atom is -0.383 e. The lowest BCUT2D eigenvalue weighted by atomic mass is 10.1. The molecule has 0 aliphatic heterocycles. The van der Waals surface area contributed by atoms with E-state index in [9.17, 15) is 4.39 Å². The number of nitrogens with one attached hydrogen (secondary N) is 2. The van der Waals surface area contributed by atoms with Crippen LogP contribution in [0.3, 0.4) is 0 Å². The van der Waals surface area contributed by atoms with Crippen molar-refractivity contribution in [2.45, 2.75) is 26.4 Å². The molecule has 0 saturated carbocycles. The monoisotopic (exact) mass is 254 g/mol. The summed E-state index contributed by atoms with van der Waals surface area (Å²) in [6.45, 7) is 6.81. The summed E-state index contributed by atoms with van der Waals surface area (Å²) < 4.78 is 18.7. The Morgan fingerprint density at radius 2 is 2.17 bits per heavy atom. The number of benzene rings is 1. The van der Waals surface area contributed by atoms with E-state index in [1.54, 1.807) is 20.1 Å². The SMILES string of the molecule is COCCNCC(C)NCc1cccc(C)c1F. The van der Waals surface area contributed by atoms with Crippen molar-refractivity contribution >= 4 is 0 Å². The molecule has 0 saturated heterocycles.